The summed E-state index contributed by atoms with van der Waals surface area (Å²) in [5.74, 6) is 0.768. The minimum Gasteiger partial charge on any atom is -0.341 e. The van der Waals surface area contributed by atoms with Gasteiger partial charge in [-0.1, -0.05) is 0 Å². The Morgan fingerprint density at radius 3 is 2.57 bits per heavy atom. The van der Waals surface area contributed by atoms with Gasteiger partial charge >= 0.3 is 0 Å². The first-order valence-electron chi connectivity index (χ1n) is 5.02. The molecule has 4 nitrogen and oxygen atoms in total. The molecule has 0 radical (unpaired) electrons. The summed E-state index contributed by atoms with van der Waals surface area (Å²) in [6, 6.07) is 1.82. The van der Waals surface area contributed by atoms with Crippen LogP contribution >= 0.6 is 0 Å². The molecule has 0 saturated carbocycles. The Morgan fingerprint density at radius 1 is 1.43 bits per heavy atom. The lowest BCUT2D eigenvalue weighted by Crippen LogP contribution is -2.25. The van der Waals surface area contributed by atoms with Gasteiger partial charge in [-0.2, -0.15) is 0 Å². The first kappa shape index (κ1) is 10.9. The molecular formula is C10H18N4. The first-order valence-corrected chi connectivity index (χ1v) is 5.02. The lowest BCUT2D eigenvalue weighted by molar-refractivity contribution is 0.751. The van der Waals surface area contributed by atoms with Gasteiger partial charge < -0.3 is 10.6 Å². The van der Waals surface area contributed by atoms with E-state index in [9.17, 15) is 0 Å². The molecule has 78 valence electrons. The van der Waals surface area contributed by atoms with Crippen molar-refractivity contribution in [3.63, 3.8) is 0 Å². The molecule has 4 heteroatoms. The summed E-state index contributed by atoms with van der Waals surface area (Å²) in [4.78, 5) is 10.7. The van der Waals surface area contributed by atoms with E-state index in [1.807, 2.05) is 13.0 Å². The fourth-order valence-electron chi connectivity index (χ4n) is 1.27. The van der Waals surface area contributed by atoms with Crippen molar-refractivity contribution in [3.05, 3.63) is 18.0 Å². The zero-order valence-electron chi connectivity index (χ0n) is 9.07. The molecule has 1 rings (SSSR count). The third-order valence-corrected chi connectivity index (χ3v) is 2.18. The Hall–Kier alpha value is -1.16. The third-order valence-electron chi connectivity index (χ3n) is 2.18. The minimum atomic E-state index is -0.0349. The number of hydrogen-bond donors (Lipinski definition) is 1. The van der Waals surface area contributed by atoms with Crippen LogP contribution in [0.1, 0.15) is 32.5 Å². The molecule has 0 saturated heterocycles. The van der Waals surface area contributed by atoms with E-state index >= 15 is 0 Å². The van der Waals surface area contributed by atoms with E-state index in [0.717, 1.165) is 24.7 Å². The zero-order chi connectivity index (χ0) is 10.6. The number of rotatable bonds is 4. The van der Waals surface area contributed by atoms with Gasteiger partial charge in [-0.15, -0.1) is 0 Å². The quantitative estimate of drug-likeness (QED) is 0.786. The zero-order valence-corrected chi connectivity index (χ0v) is 9.07. The standard InChI is InChI=1S/C10H18N4/c1-4-14(5-2)10-12-7-6-9(13-10)8(3)11/h6-8H,4-5,11H2,1-3H3. The van der Waals surface area contributed by atoms with Gasteiger partial charge in [0, 0.05) is 25.3 Å². The van der Waals surface area contributed by atoms with Crippen LogP contribution in [0, 0.1) is 0 Å². The molecule has 0 aliphatic rings. The second-order valence-electron chi connectivity index (χ2n) is 3.24. The van der Waals surface area contributed by atoms with E-state index < -0.39 is 0 Å². The molecule has 0 aliphatic carbocycles. The summed E-state index contributed by atoms with van der Waals surface area (Å²) in [6.45, 7) is 7.93. The second-order valence-corrected chi connectivity index (χ2v) is 3.24. The summed E-state index contributed by atoms with van der Waals surface area (Å²) < 4.78 is 0. The van der Waals surface area contributed by atoms with Crippen molar-refractivity contribution in [2.45, 2.75) is 26.8 Å². The van der Waals surface area contributed by atoms with Gasteiger partial charge in [0.25, 0.3) is 0 Å². The van der Waals surface area contributed by atoms with Crippen molar-refractivity contribution < 1.29 is 0 Å². The summed E-state index contributed by atoms with van der Waals surface area (Å²) >= 11 is 0. The van der Waals surface area contributed by atoms with E-state index in [1.165, 1.54) is 0 Å². The van der Waals surface area contributed by atoms with E-state index in [0.29, 0.717) is 0 Å². The number of hydrogen-bond acceptors (Lipinski definition) is 4. The minimum absolute atomic E-state index is 0.0349. The van der Waals surface area contributed by atoms with E-state index in [2.05, 4.69) is 28.7 Å². The molecule has 1 aromatic heterocycles. The van der Waals surface area contributed by atoms with Gasteiger partial charge in [0.1, 0.15) is 0 Å². The van der Waals surface area contributed by atoms with Crippen LogP contribution in [-0.2, 0) is 0 Å². The third kappa shape index (κ3) is 2.42. The predicted octanol–water partition coefficient (Wildman–Crippen LogP) is 1.34. The Balaban J connectivity index is 2.92. The van der Waals surface area contributed by atoms with Crippen molar-refractivity contribution in [1.29, 1.82) is 0 Å². The molecule has 0 aliphatic heterocycles. The van der Waals surface area contributed by atoms with Gasteiger partial charge in [-0.05, 0) is 26.8 Å². The van der Waals surface area contributed by atoms with E-state index in [-0.39, 0.29) is 6.04 Å². The lowest BCUT2D eigenvalue weighted by Gasteiger charge is -2.19. The molecule has 1 unspecified atom stereocenters. The highest BCUT2D eigenvalue weighted by Crippen LogP contribution is 2.10. The topological polar surface area (TPSA) is 55.0 Å². The molecule has 1 atom stereocenters. The van der Waals surface area contributed by atoms with Crippen LogP contribution in [0.4, 0.5) is 5.95 Å². The van der Waals surface area contributed by atoms with Crippen LogP contribution in [0.25, 0.3) is 0 Å². The molecule has 0 fully saturated rings. The highest BCUT2D eigenvalue weighted by atomic mass is 15.2. The average Bonchev–Trinajstić information content (AvgIpc) is 2.20. The van der Waals surface area contributed by atoms with Gasteiger partial charge in [0.2, 0.25) is 5.95 Å². The number of anilines is 1. The maximum atomic E-state index is 5.76. The maximum Gasteiger partial charge on any atom is 0.225 e. The summed E-state index contributed by atoms with van der Waals surface area (Å²) in [5, 5.41) is 0. The van der Waals surface area contributed by atoms with Gasteiger partial charge in [-0.25, -0.2) is 9.97 Å². The van der Waals surface area contributed by atoms with Crippen LogP contribution in [0.3, 0.4) is 0 Å². The first-order chi connectivity index (χ1) is 6.69. The van der Waals surface area contributed by atoms with Crippen LogP contribution in [0.2, 0.25) is 0 Å². The number of nitrogens with two attached hydrogens (primary N) is 1. The number of aromatic nitrogens is 2. The second kappa shape index (κ2) is 4.91. The smallest absolute Gasteiger partial charge is 0.225 e. The van der Waals surface area contributed by atoms with Crippen LogP contribution in [0.15, 0.2) is 12.3 Å². The molecule has 0 bridgehead atoms. The molecule has 0 aromatic carbocycles. The summed E-state index contributed by atoms with van der Waals surface area (Å²) in [6.07, 6.45) is 1.76. The monoisotopic (exact) mass is 194 g/mol. The normalized spacial score (nSPS) is 12.6. The van der Waals surface area contributed by atoms with Crippen molar-refractivity contribution in [1.82, 2.24) is 9.97 Å². The van der Waals surface area contributed by atoms with Crippen molar-refractivity contribution in [2.24, 2.45) is 5.73 Å². The molecule has 1 aromatic rings. The Bertz CT molecular complexity index is 281. The molecule has 0 spiro atoms. The Labute approximate surface area is 85.2 Å². The largest absolute Gasteiger partial charge is 0.341 e. The van der Waals surface area contributed by atoms with E-state index in [1.54, 1.807) is 6.20 Å². The number of nitrogens with zero attached hydrogens (tertiary/aromatic N) is 3. The van der Waals surface area contributed by atoms with Crippen LogP contribution in [-0.4, -0.2) is 23.1 Å². The molecule has 14 heavy (non-hydrogen) atoms. The maximum absolute atomic E-state index is 5.76. The lowest BCUT2D eigenvalue weighted by atomic mass is 10.2. The highest BCUT2D eigenvalue weighted by Gasteiger charge is 2.07. The van der Waals surface area contributed by atoms with Gasteiger partial charge in [0.15, 0.2) is 0 Å². The van der Waals surface area contributed by atoms with Crippen LogP contribution in [0.5, 0.6) is 0 Å². The molecule has 1 heterocycles. The Kier molecular flexibility index (Phi) is 3.83. The summed E-state index contributed by atoms with van der Waals surface area (Å²) in [5.41, 5.74) is 6.65. The molecular weight excluding hydrogens is 176 g/mol. The van der Waals surface area contributed by atoms with Crippen molar-refractivity contribution >= 4 is 5.95 Å². The van der Waals surface area contributed by atoms with Crippen molar-refractivity contribution in [2.75, 3.05) is 18.0 Å². The van der Waals surface area contributed by atoms with Crippen molar-refractivity contribution in [3.8, 4) is 0 Å². The predicted molar refractivity (Wildman–Crippen MR) is 58.2 cm³/mol. The fourth-order valence-corrected chi connectivity index (χ4v) is 1.27. The molecule has 2 N–H and O–H groups in total. The van der Waals surface area contributed by atoms with Gasteiger partial charge in [0.05, 0.1) is 5.69 Å². The molecule has 0 amide bonds. The average molecular weight is 194 g/mol. The SMILES string of the molecule is CCN(CC)c1nccc(C(C)N)n1. The fraction of sp³-hybridized carbons (Fsp3) is 0.600. The van der Waals surface area contributed by atoms with Crippen LogP contribution < -0.4 is 10.6 Å². The van der Waals surface area contributed by atoms with Gasteiger partial charge in [-0.3, -0.25) is 0 Å². The summed E-state index contributed by atoms with van der Waals surface area (Å²) in [7, 11) is 0. The van der Waals surface area contributed by atoms with E-state index in [4.69, 9.17) is 5.73 Å². The Morgan fingerprint density at radius 2 is 2.07 bits per heavy atom. The highest BCUT2D eigenvalue weighted by molar-refractivity contribution is 5.30.